The van der Waals surface area contributed by atoms with Gasteiger partial charge in [-0.2, -0.15) is 0 Å². The number of nitrogens with zero attached hydrogens (tertiary/aromatic N) is 5. The Morgan fingerprint density at radius 2 is 1.79 bits per heavy atom. The zero-order chi connectivity index (χ0) is 19.6. The molecule has 6 nitrogen and oxygen atoms in total. The lowest BCUT2D eigenvalue weighted by Gasteiger charge is -2.08. The van der Waals surface area contributed by atoms with Crippen LogP contribution < -0.4 is 5.32 Å². The largest absolute Gasteiger partial charge is 0.323 e. The molecular weight excluding hydrogens is 367 g/mol. The van der Waals surface area contributed by atoms with Gasteiger partial charge in [-0.05, 0) is 35.4 Å². The highest BCUT2D eigenvalue weighted by Gasteiger charge is 2.15. The average Bonchev–Trinajstić information content (AvgIpc) is 3.19. The van der Waals surface area contributed by atoms with Gasteiger partial charge < -0.3 is 5.32 Å². The van der Waals surface area contributed by atoms with Crippen LogP contribution >= 0.6 is 0 Å². The van der Waals surface area contributed by atoms with Crippen molar-refractivity contribution in [2.75, 3.05) is 5.32 Å². The maximum Gasteiger partial charge on any atom is 0.228 e. The van der Waals surface area contributed by atoms with E-state index in [9.17, 15) is 4.39 Å². The standard InChI is InChI=1S/C22H14FN6/c23-18-12-26-22(27-17-7-4-10-24-11-17)28-21(18)19-13-25-20-9-8-16(14-29(19)20)15-5-2-1-3-6-15/h1-9,11-14H,(H,26,27,28). The first-order valence-corrected chi connectivity index (χ1v) is 8.92. The first-order chi connectivity index (χ1) is 14.3. The molecular formula is C22H14FN6. The van der Waals surface area contributed by atoms with Gasteiger partial charge in [0.1, 0.15) is 11.3 Å². The fourth-order valence-electron chi connectivity index (χ4n) is 3.09. The Hall–Kier alpha value is -4.13. The van der Waals surface area contributed by atoms with Crippen molar-refractivity contribution in [3.63, 3.8) is 0 Å². The van der Waals surface area contributed by atoms with E-state index in [4.69, 9.17) is 0 Å². The van der Waals surface area contributed by atoms with Crippen molar-refractivity contribution in [2.24, 2.45) is 0 Å². The highest BCUT2D eigenvalue weighted by atomic mass is 19.1. The summed E-state index contributed by atoms with van der Waals surface area (Å²) < 4.78 is 16.4. The summed E-state index contributed by atoms with van der Waals surface area (Å²) in [5.41, 5.74) is 4.15. The summed E-state index contributed by atoms with van der Waals surface area (Å²) in [6.07, 6.45) is 8.97. The molecule has 0 amide bonds. The van der Waals surface area contributed by atoms with Gasteiger partial charge in [0.2, 0.25) is 5.95 Å². The lowest BCUT2D eigenvalue weighted by Crippen LogP contribution is -2.02. The van der Waals surface area contributed by atoms with Crippen molar-refractivity contribution < 1.29 is 4.39 Å². The molecule has 0 fully saturated rings. The number of nitrogens with one attached hydrogen (secondary N) is 1. The van der Waals surface area contributed by atoms with Crippen LogP contribution in [-0.4, -0.2) is 24.3 Å². The molecule has 0 aliphatic rings. The molecule has 7 heteroatoms. The smallest absolute Gasteiger partial charge is 0.228 e. The van der Waals surface area contributed by atoms with E-state index in [2.05, 4.69) is 31.4 Å². The maximum atomic E-state index is 14.6. The summed E-state index contributed by atoms with van der Waals surface area (Å²) in [6.45, 7) is 0. The van der Waals surface area contributed by atoms with Gasteiger partial charge in [-0.25, -0.2) is 19.3 Å². The van der Waals surface area contributed by atoms with Gasteiger partial charge in [0.25, 0.3) is 0 Å². The quantitative estimate of drug-likeness (QED) is 0.495. The third kappa shape index (κ3) is 3.29. The van der Waals surface area contributed by atoms with Crippen molar-refractivity contribution in [2.45, 2.75) is 0 Å². The summed E-state index contributed by atoms with van der Waals surface area (Å²) in [7, 11) is 0. The van der Waals surface area contributed by atoms with Crippen molar-refractivity contribution in [1.82, 2.24) is 24.3 Å². The summed E-state index contributed by atoms with van der Waals surface area (Å²) in [6, 6.07) is 17.3. The summed E-state index contributed by atoms with van der Waals surface area (Å²) >= 11 is 0. The van der Waals surface area contributed by atoms with Crippen LogP contribution in [0.15, 0.2) is 79.4 Å². The van der Waals surface area contributed by atoms with Crippen LogP contribution in [0.4, 0.5) is 16.0 Å². The number of benzene rings is 1. The maximum absolute atomic E-state index is 14.6. The molecule has 4 heterocycles. The molecule has 29 heavy (non-hydrogen) atoms. The Kier molecular flexibility index (Phi) is 4.18. The van der Waals surface area contributed by atoms with Gasteiger partial charge in [-0.1, -0.05) is 30.3 Å². The molecule has 0 saturated carbocycles. The SMILES string of the molecule is Fc1cnc(Nc2cc[c]nc2)nc1-c1cnc2ccc(-c3ccccc3)cn12. The number of fused-ring (bicyclic) bond motifs is 1. The number of hydrogen-bond donors (Lipinski definition) is 1. The van der Waals surface area contributed by atoms with Crippen LogP contribution in [0.25, 0.3) is 28.2 Å². The molecule has 1 N–H and O–H groups in total. The van der Waals surface area contributed by atoms with E-state index < -0.39 is 5.82 Å². The number of anilines is 2. The van der Waals surface area contributed by atoms with E-state index in [1.807, 2.05) is 53.1 Å². The van der Waals surface area contributed by atoms with Crippen molar-refractivity contribution in [3.8, 4) is 22.5 Å². The second kappa shape index (κ2) is 7.12. The van der Waals surface area contributed by atoms with Gasteiger partial charge in [0.15, 0.2) is 5.82 Å². The molecule has 0 atom stereocenters. The summed E-state index contributed by atoms with van der Waals surface area (Å²) in [4.78, 5) is 16.7. The number of aromatic nitrogens is 5. The molecule has 0 spiro atoms. The predicted octanol–water partition coefficient (Wildman–Crippen LogP) is 4.54. The minimum absolute atomic E-state index is 0.163. The van der Waals surface area contributed by atoms with E-state index in [1.54, 1.807) is 24.5 Å². The molecule has 1 radical (unpaired) electrons. The van der Waals surface area contributed by atoms with Crippen LogP contribution in [-0.2, 0) is 0 Å². The van der Waals surface area contributed by atoms with E-state index in [0.29, 0.717) is 17.0 Å². The van der Waals surface area contributed by atoms with Crippen LogP contribution in [0.5, 0.6) is 0 Å². The normalized spacial score (nSPS) is 10.9. The van der Waals surface area contributed by atoms with Crippen LogP contribution in [0, 0.1) is 12.0 Å². The van der Waals surface area contributed by atoms with Crippen molar-refractivity contribution in [3.05, 3.63) is 91.4 Å². The van der Waals surface area contributed by atoms with E-state index in [1.165, 1.54) is 0 Å². The van der Waals surface area contributed by atoms with Crippen molar-refractivity contribution >= 4 is 17.3 Å². The zero-order valence-corrected chi connectivity index (χ0v) is 15.1. The molecule has 5 rings (SSSR count). The Morgan fingerprint density at radius 1 is 0.897 bits per heavy atom. The Bertz CT molecular complexity index is 1280. The minimum atomic E-state index is -0.526. The third-order valence-corrected chi connectivity index (χ3v) is 4.47. The molecule has 139 valence electrons. The van der Waals surface area contributed by atoms with Crippen LogP contribution in [0.2, 0.25) is 0 Å². The fraction of sp³-hybridized carbons (Fsp3) is 0. The number of pyridine rings is 2. The molecule has 5 aromatic rings. The Balaban J connectivity index is 1.59. The number of imidazole rings is 1. The van der Waals surface area contributed by atoms with Gasteiger partial charge in [-0.15, -0.1) is 0 Å². The first-order valence-electron chi connectivity index (χ1n) is 8.92. The highest BCUT2D eigenvalue weighted by molar-refractivity contribution is 5.68. The Labute approximate surface area is 165 Å². The molecule has 0 aliphatic heterocycles. The number of halogens is 1. The monoisotopic (exact) mass is 381 g/mol. The number of hydrogen-bond acceptors (Lipinski definition) is 5. The first kappa shape index (κ1) is 17.0. The van der Waals surface area contributed by atoms with Crippen molar-refractivity contribution in [1.29, 1.82) is 0 Å². The lowest BCUT2D eigenvalue weighted by atomic mass is 10.1. The van der Waals surface area contributed by atoms with Gasteiger partial charge in [0, 0.05) is 6.20 Å². The second-order valence-electron chi connectivity index (χ2n) is 6.35. The molecule has 0 saturated heterocycles. The topological polar surface area (TPSA) is 68.0 Å². The second-order valence-corrected chi connectivity index (χ2v) is 6.35. The van der Waals surface area contributed by atoms with Crippen LogP contribution in [0.1, 0.15) is 0 Å². The molecule has 1 aromatic carbocycles. The molecule has 4 aromatic heterocycles. The molecule has 0 unspecified atom stereocenters. The predicted molar refractivity (Wildman–Crippen MR) is 108 cm³/mol. The average molecular weight is 381 g/mol. The Morgan fingerprint density at radius 3 is 2.62 bits per heavy atom. The summed E-state index contributed by atoms with van der Waals surface area (Å²) in [5, 5.41) is 3.02. The minimum Gasteiger partial charge on any atom is -0.323 e. The third-order valence-electron chi connectivity index (χ3n) is 4.47. The van der Waals surface area contributed by atoms with Gasteiger partial charge >= 0.3 is 0 Å². The summed E-state index contributed by atoms with van der Waals surface area (Å²) in [5.74, 6) is -0.259. The van der Waals surface area contributed by atoms with Crippen LogP contribution in [0.3, 0.4) is 0 Å². The molecule has 0 aliphatic carbocycles. The number of rotatable bonds is 4. The molecule has 0 bridgehead atoms. The fourth-order valence-corrected chi connectivity index (χ4v) is 3.09. The zero-order valence-electron chi connectivity index (χ0n) is 15.1. The van der Waals surface area contributed by atoms with E-state index >= 15 is 0 Å². The lowest BCUT2D eigenvalue weighted by molar-refractivity contribution is 0.618. The highest BCUT2D eigenvalue weighted by Crippen LogP contribution is 2.26. The van der Waals surface area contributed by atoms with Gasteiger partial charge in [0.05, 0.1) is 36.2 Å². The van der Waals surface area contributed by atoms with E-state index in [-0.39, 0.29) is 11.6 Å². The van der Waals surface area contributed by atoms with Gasteiger partial charge in [-0.3, -0.25) is 9.38 Å². The van der Waals surface area contributed by atoms with E-state index in [0.717, 1.165) is 17.3 Å².